The first-order chi connectivity index (χ1) is 15.9. The van der Waals surface area contributed by atoms with Crippen molar-refractivity contribution in [2.24, 2.45) is 5.92 Å². The molecule has 174 valence electrons. The fraction of sp³-hybridized carbons (Fsp3) is 0.440. The number of thiazole rings is 1. The van der Waals surface area contributed by atoms with E-state index in [1.54, 1.807) is 24.5 Å². The van der Waals surface area contributed by atoms with Gasteiger partial charge >= 0.3 is 0 Å². The first kappa shape index (κ1) is 23.2. The molecule has 1 fully saturated rings. The van der Waals surface area contributed by atoms with Crippen LogP contribution < -0.4 is 16.0 Å². The third-order valence-corrected chi connectivity index (χ3v) is 6.75. The molecular formula is C25H31N5O2S. The Morgan fingerprint density at radius 1 is 1.12 bits per heavy atom. The van der Waals surface area contributed by atoms with Gasteiger partial charge in [0.15, 0.2) is 0 Å². The number of fused-ring (bicyclic) bond motifs is 1. The Kier molecular flexibility index (Phi) is 7.23. The van der Waals surface area contributed by atoms with Crippen molar-refractivity contribution in [1.29, 1.82) is 0 Å². The lowest BCUT2D eigenvalue weighted by molar-refractivity contribution is -0.118. The second-order valence-corrected chi connectivity index (χ2v) is 10.1. The van der Waals surface area contributed by atoms with Crippen LogP contribution in [0.25, 0.3) is 10.2 Å². The number of hydrogen-bond acceptors (Lipinski definition) is 7. The van der Waals surface area contributed by atoms with Crippen molar-refractivity contribution in [1.82, 2.24) is 15.3 Å². The van der Waals surface area contributed by atoms with Crippen LogP contribution in [-0.4, -0.2) is 33.7 Å². The summed E-state index contributed by atoms with van der Waals surface area (Å²) in [6, 6.07) is 8.19. The van der Waals surface area contributed by atoms with Crippen LogP contribution in [0.15, 0.2) is 36.0 Å². The Labute approximate surface area is 198 Å². The maximum Gasteiger partial charge on any atom is 0.255 e. The predicted molar refractivity (Wildman–Crippen MR) is 134 cm³/mol. The zero-order valence-corrected chi connectivity index (χ0v) is 20.2. The summed E-state index contributed by atoms with van der Waals surface area (Å²) in [5, 5.41) is 9.90. The molecule has 0 bridgehead atoms. The van der Waals surface area contributed by atoms with E-state index in [9.17, 15) is 9.59 Å². The number of amides is 1. The van der Waals surface area contributed by atoms with Gasteiger partial charge in [-0.2, -0.15) is 0 Å². The molecule has 7 nitrogen and oxygen atoms in total. The van der Waals surface area contributed by atoms with Gasteiger partial charge in [0.05, 0.1) is 27.0 Å². The summed E-state index contributed by atoms with van der Waals surface area (Å²) >= 11 is 1.60. The molecular weight excluding hydrogens is 434 g/mol. The van der Waals surface area contributed by atoms with Crippen molar-refractivity contribution >= 4 is 50.4 Å². The van der Waals surface area contributed by atoms with Gasteiger partial charge < -0.3 is 20.7 Å². The van der Waals surface area contributed by atoms with E-state index in [1.807, 2.05) is 43.6 Å². The maximum absolute atomic E-state index is 13.1. The highest BCUT2D eigenvalue weighted by Crippen LogP contribution is 2.29. The molecule has 2 heterocycles. The van der Waals surface area contributed by atoms with Gasteiger partial charge in [0, 0.05) is 36.5 Å². The van der Waals surface area contributed by atoms with E-state index < -0.39 is 0 Å². The number of Topliss-reactive ketones (excluding diaryl/α,β-unsaturated/α-hetero) is 1. The SMILES string of the molecule is CC(=O)CC1CCC(NC(=O)c2cnc(Nc3ccc4ncsc4c3)cc2NC(C)C)CC1. The van der Waals surface area contributed by atoms with Crippen LogP contribution in [0, 0.1) is 5.92 Å². The molecule has 1 aromatic carbocycles. The lowest BCUT2D eigenvalue weighted by Gasteiger charge is -2.29. The number of rotatable bonds is 8. The van der Waals surface area contributed by atoms with Crippen molar-refractivity contribution in [2.45, 2.75) is 65.0 Å². The van der Waals surface area contributed by atoms with Crippen molar-refractivity contribution in [3.63, 3.8) is 0 Å². The van der Waals surface area contributed by atoms with Crippen LogP contribution in [0.4, 0.5) is 17.2 Å². The van der Waals surface area contributed by atoms with Gasteiger partial charge in [-0.25, -0.2) is 9.97 Å². The van der Waals surface area contributed by atoms with E-state index in [-0.39, 0.29) is 23.8 Å². The number of pyridine rings is 1. The quantitative estimate of drug-likeness (QED) is 0.405. The molecule has 4 rings (SSSR count). The first-order valence-electron chi connectivity index (χ1n) is 11.5. The number of nitrogens with zero attached hydrogens (tertiary/aromatic N) is 2. The zero-order chi connectivity index (χ0) is 23.4. The number of ketones is 1. The van der Waals surface area contributed by atoms with Crippen molar-refractivity contribution in [3.8, 4) is 0 Å². The molecule has 0 atom stereocenters. The average molecular weight is 466 g/mol. The fourth-order valence-electron chi connectivity index (χ4n) is 4.40. The second kappa shape index (κ2) is 10.3. The fourth-order valence-corrected chi connectivity index (χ4v) is 5.11. The van der Waals surface area contributed by atoms with Crippen LogP contribution in [0.5, 0.6) is 0 Å². The van der Waals surface area contributed by atoms with Gasteiger partial charge in [0.25, 0.3) is 5.91 Å². The topological polar surface area (TPSA) is 96.0 Å². The third kappa shape index (κ3) is 6.07. The molecule has 0 aliphatic heterocycles. The molecule has 0 unspecified atom stereocenters. The smallest absolute Gasteiger partial charge is 0.255 e. The minimum absolute atomic E-state index is 0.113. The molecule has 8 heteroatoms. The molecule has 0 spiro atoms. The van der Waals surface area contributed by atoms with Crippen LogP contribution in [0.2, 0.25) is 0 Å². The summed E-state index contributed by atoms with van der Waals surface area (Å²) in [6.07, 6.45) is 6.06. The number of carbonyl (C=O) groups is 2. The summed E-state index contributed by atoms with van der Waals surface area (Å²) in [4.78, 5) is 33.3. The zero-order valence-electron chi connectivity index (χ0n) is 19.4. The summed E-state index contributed by atoms with van der Waals surface area (Å²) in [5.74, 6) is 1.25. The Hall–Kier alpha value is -3.00. The number of nitrogens with one attached hydrogen (secondary N) is 3. The Morgan fingerprint density at radius 3 is 2.64 bits per heavy atom. The molecule has 3 N–H and O–H groups in total. The highest BCUT2D eigenvalue weighted by atomic mass is 32.1. The van der Waals surface area contributed by atoms with Crippen molar-refractivity contribution < 1.29 is 9.59 Å². The Morgan fingerprint density at radius 2 is 1.91 bits per heavy atom. The molecule has 1 amide bonds. The highest BCUT2D eigenvalue weighted by molar-refractivity contribution is 7.16. The monoisotopic (exact) mass is 465 g/mol. The van der Waals surface area contributed by atoms with Crippen LogP contribution in [-0.2, 0) is 4.79 Å². The van der Waals surface area contributed by atoms with E-state index in [1.165, 1.54) is 0 Å². The van der Waals surface area contributed by atoms with Crippen molar-refractivity contribution in [3.05, 3.63) is 41.5 Å². The van der Waals surface area contributed by atoms with Gasteiger partial charge in [-0.15, -0.1) is 11.3 Å². The van der Waals surface area contributed by atoms with E-state index in [4.69, 9.17) is 0 Å². The number of benzene rings is 1. The summed E-state index contributed by atoms with van der Waals surface area (Å²) in [6.45, 7) is 5.74. The number of aromatic nitrogens is 2. The van der Waals surface area contributed by atoms with Crippen molar-refractivity contribution in [2.75, 3.05) is 10.6 Å². The van der Waals surface area contributed by atoms with E-state index in [0.29, 0.717) is 23.7 Å². The van der Waals surface area contributed by atoms with Crippen LogP contribution in [0.1, 0.15) is 63.2 Å². The normalized spacial score (nSPS) is 18.3. The second-order valence-electron chi connectivity index (χ2n) is 9.17. The van der Waals surface area contributed by atoms with Gasteiger partial charge in [0.2, 0.25) is 0 Å². The molecule has 3 aromatic rings. The molecule has 1 aliphatic rings. The summed E-state index contributed by atoms with van der Waals surface area (Å²) in [7, 11) is 0. The molecule has 0 saturated heterocycles. The molecule has 2 aromatic heterocycles. The standard InChI is InChI=1S/C25H31N5O2S/c1-15(2)28-22-12-24(29-19-8-9-21-23(11-19)33-14-27-21)26-13-20(22)25(32)30-18-6-4-17(5-7-18)10-16(3)31/h8-9,11-15,17-18H,4-7,10H2,1-3H3,(H,30,32)(H2,26,28,29). The third-order valence-electron chi connectivity index (χ3n) is 5.95. The maximum atomic E-state index is 13.1. The van der Waals surface area contributed by atoms with E-state index in [2.05, 4.69) is 25.9 Å². The van der Waals surface area contributed by atoms with Gasteiger partial charge in [-0.05, 0) is 70.6 Å². The molecule has 1 saturated carbocycles. The molecule has 33 heavy (non-hydrogen) atoms. The Bertz CT molecular complexity index is 1130. The summed E-state index contributed by atoms with van der Waals surface area (Å²) < 4.78 is 1.11. The van der Waals surface area contributed by atoms with Crippen LogP contribution in [0.3, 0.4) is 0 Å². The lowest BCUT2D eigenvalue weighted by atomic mass is 9.83. The Balaban J connectivity index is 1.45. The predicted octanol–water partition coefficient (Wildman–Crippen LogP) is 5.52. The molecule has 1 aliphatic carbocycles. The number of anilines is 3. The largest absolute Gasteiger partial charge is 0.382 e. The first-order valence-corrected chi connectivity index (χ1v) is 12.4. The summed E-state index contributed by atoms with van der Waals surface area (Å²) in [5.41, 5.74) is 5.03. The lowest BCUT2D eigenvalue weighted by Crippen LogP contribution is -2.38. The van der Waals surface area contributed by atoms with E-state index in [0.717, 1.165) is 47.3 Å². The average Bonchev–Trinajstić information content (AvgIpc) is 3.22. The van der Waals surface area contributed by atoms with Gasteiger partial charge in [0.1, 0.15) is 11.6 Å². The van der Waals surface area contributed by atoms with E-state index >= 15 is 0 Å². The minimum atomic E-state index is -0.113. The number of carbonyl (C=O) groups excluding carboxylic acids is 2. The minimum Gasteiger partial charge on any atom is -0.382 e. The highest BCUT2D eigenvalue weighted by Gasteiger charge is 2.24. The van der Waals surface area contributed by atoms with Gasteiger partial charge in [-0.1, -0.05) is 0 Å². The van der Waals surface area contributed by atoms with Gasteiger partial charge in [-0.3, -0.25) is 4.79 Å². The van der Waals surface area contributed by atoms with Crippen LogP contribution >= 0.6 is 11.3 Å². The number of hydrogen-bond donors (Lipinski definition) is 3. The molecule has 0 radical (unpaired) electrons.